The topological polar surface area (TPSA) is 0 Å². The van der Waals surface area contributed by atoms with E-state index in [9.17, 15) is 0 Å². The zero-order chi connectivity index (χ0) is 9.36. The Labute approximate surface area is 96.0 Å². The highest BCUT2D eigenvalue weighted by atomic mass is 35.5. The molecule has 0 unspecified atom stereocenters. The number of hydrogen-bond donors (Lipinski definition) is 0. The molecule has 0 spiro atoms. The second kappa shape index (κ2) is 8.61. The molecule has 2 aromatic carbocycles. The van der Waals surface area contributed by atoms with Gasteiger partial charge in [-0.05, 0) is 12.1 Å². The van der Waals surface area contributed by atoms with Crippen molar-refractivity contribution in [3.05, 3.63) is 71.8 Å². The minimum Gasteiger partial charge on any atom is -0.147 e. The largest absolute Gasteiger partial charge is 0.147 e. The molecule has 0 atom stereocenters. The summed E-state index contributed by atoms with van der Waals surface area (Å²) in [5.41, 5.74) is 0. The lowest BCUT2D eigenvalue weighted by Crippen LogP contribution is -1.55. The van der Waals surface area contributed by atoms with Crippen LogP contribution in [0.25, 0.3) is 0 Å². The van der Waals surface area contributed by atoms with Crippen molar-refractivity contribution in [3.63, 3.8) is 0 Å². The molecule has 2 aromatic rings. The molecule has 0 saturated heterocycles. The van der Waals surface area contributed by atoms with Gasteiger partial charge in [-0.1, -0.05) is 66.2 Å². The first kappa shape index (κ1) is 13.0. The van der Waals surface area contributed by atoms with Crippen LogP contribution in [0.2, 0.25) is 5.02 Å². The Morgan fingerprint density at radius 1 is 0.571 bits per heavy atom. The van der Waals surface area contributed by atoms with Gasteiger partial charge in [0.05, 0.1) is 0 Å². The van der Waals surface area contributed by atoms with Gasteiger partial charge in [0.15, 0.2) is 0 Å². The van der Waals surface area contributed by atoms with Crippen molar-refractivity contribution in [2.45, 2.75) is 0 Å². The molecule has 0 aliphatic heterocycles. The predicted molar refractivity (Wildman–Crippen MR) is 65.1 cm³/mol. The Balaban J connectivity index is 0.000000227. The number of halogens is 2. The van der Waals surface area contributed by atoms with Gasteiger partial charge in [0, 0.05) is 5.02 Å². The van der Waals surface area contributed by atoms with E-state index in [1.54, 1.807) is 0 Å². The molecule has 0 bridgehead atoms. The summed E-state index contributed by atoms with van der Waals surface area (Å²) in [5, 5.41) is 0.794. The highest BCUT2D eigenvalue weighted by Crippen LogP contribution is 2.03. The summed E-state index contributed by atoms with van der Waals surface area (Å²) in [6.07, 6.45) is 0. The van der Waals surface area contributed by atoms with Gasteiger partial charge in [-0.3, -0.25) is 0 Å². The second-order valence-corrected chi connectivity index (χ2v) is 2.89. The number of rotatable bonds is 0. The van der Waals surface area contributed by atoms with Crippen LogP contribution in [0.5, 0.6) is 0 Å². The molecule has 0 aliphatic carbocycles. The maximum absolute atomic E-state index is 5.54. The predicted octanol–water partition coefficient (Wildman–Crippen LogP) is 4.45. The molecular weight excluding hydrogens is 215 g/mol. The number of hydrogen-bond acceptors (Lipinski definition) is 0. The van der Waals surface area contributed by atoms with Crippen molar-refractivity contribution < 1.29 is 0 Å². The average Bonchev–Trinajstić information content (AvgIpc) is 2.22. The fourth-order valence-electron chi connectivity index (χ4n) is 0.800. The molecule has 74 valence electrons. The third-order valence-corrected chi connectivity index (χ3v) is 1.65. The minimum atomic E-state index is 0. The van der Waals surface area contributed by atoms with E-state index in [1.807, 2.05) is 66.7 Å². The Kier molecular flexibility index (Phi) is 8.01. The third-order valence-electron chi connectivity index (χ3n) is 1.40. The van der Waals surface area contributed by atoms with Crippen molar-refractivity contribution in [3.8, 4) is 0 Å². The lowest BCUT2D eigenvalue weighted by atomic mass is 10.4. The van der Waals surface area contributed by atoms with Crippen LogP contribution < -0.4 is 0 Å². The molecule has 0 aliphatic rings. The maximum Gasteiger partial charge on any atom is 0.0405 e. The number of benzene rings is 2. The summed E-state index contributed by atoms with van der Waals surface area (Å²) >= 11 is 5.54. The first-order valence-electron chi connectivity index (χ1n) is 4.10. The molecular formula is C12H12Cl2. The average molecular weight is 227 g/mol. The Hall–Kier alpha value is -0.980. The Bertz CT molecular complexity index is 279. The van der Waals surface area contributed by atoms with Gasteiger partial charge >= 0.3 is 0 Å². The fraction of sp³-hybridized carbons (Fsp3) is 0. The molecule has 0 saturated carbocycles. The maximum atomic E-state index is 5.54. The van der Waals surface area contributed by atoms with Gasteiger partial charge in [-0.25, -0.2) is 0 Å². The van der Waals surface area contributed by atoms with Gasteiger partial charge in [0.1, 0.15) is 0 Å². The second-order valence-electron chi connectivity index (χ2n) is 2.45. The van der Waals surface area contributed by atoms with Crippen LogP contribution in [-0.4, -0.2) is 0 Å². The van der Waals surface area contributed by atoms with E-state index >= 15 is 0 Å². The van der Waals surface area contributed by atoms with Crippen LogP contribution in [0.15, 0.2) is 66.7 Å². The summed E-state index contributed by atoms with van der Waals surface area (Å²) in [6.45, 7) is 0. The Morgan fingerprint density at radius 3 is 1.07 bits per heavy atom. The van der Waals surface area contributed by atoms with Crippen molar-refractivity contribution in [2.75, 3.05) is 0 Å². The van der Waals surface area contributed by atoms with E-state index in [-0.39, 0.29) is 12.4 Å². The van der Waals surface area contributed by atoms with Crippen LogP contribution in [0.1, 0.15) is 0 Å². The van der Waals surface area contributed by atoms with Gasteiger partial charge in [-0.15, -0.1) is 12.4 Å². The van der Waals surface area contributed by atoms with E-state index in [0.29, 0.717) is 0 Å². The SMILES string of the molecule is Cl.Clc1ccccc1.c1ccccc1. The highest BCUT2D eigenvalue weighted by molar-refractivity contribution is 6.30. The first-order valence-corrected chi connectivity index (χ1v) is 4.48. The first-order chi connectivity index (χ1) is 6.39. The van der Waals surface area contributed by atoms with E-state index in [2.05, 4.69) is 0 Å². The summed E-state index contributed by atoms with van der Waals surface area (Å²) in [5.74, 6) is 0. The van der Waals surface area contributed by atoms with Crippen LogP contribution >= 0.6 is 24.0 Å². The van der Waals surface area contributed by atoms with Gasteiger partial charge in [0.25, 0.3) is 0 Å². The van der Waals surface area contributed by atoms with Crippen LogP contribution in [0, 0.1) is 0 Å². The van der Waals surface area contributed by atoms with E-state index in [0.717, 1.165) is 5.02 Å². The van der Waals surface area contributed by atoms with Crippen molar-refractivity contribution in [2.24, 2.45) is 0 Å². The monoisotopic (exact) mass is 226 g/mol. The van der Waals surface area contributed by atoms with E-state index in [4.69, 9.17) is 11.6 Å². The summed E-state index contributed by atoms with van der Waals surface area (Å²) in [7, 11) is 0. The van der Waals surface area contributed by atoms with Gasteiger partial charge in [-0.2, -0.15) is 0 Å². The lowest BCUT2D eigenvalue weighted by Gasteiger charge is -1.80. The smallest absolute Gasteiger partial charge is 0.0405 e. The van der Waals surface area contributed by atoms with Crippen molar-refractivity contribution >= 4 is 24.0 Å². The lowest BCUT2D eigenvalue weighted by molar-refractivity contribution is 1.71. The quantitative estimate of drug-likeness (QED) is 0.623. The molecule has 0 amide bonds. The molecule has 14 heavy (non-hydrogen) atoms. The molecule has 0 nitrogen and oxygen atoms in total. The summed E-state index contributed by atoms with van der Waals surface area (Å²) in [4.78, 5) is 0. The highest BCUT2D eigenvalue weighted by Gasteiger charge is 1.74. The standard InChI is InChI=1S/C6H5Cl.C6H6.ClH/c7-6-4-2-1-3-5-6;1-2-4-6-5-3-1;/h1-5H;1-6H;1H. The van der Waals surface area contributed by atoms with E-state index < -0.39 is 0 Å². The van der Waals surface area contributed by atoms with Crippen molar-refractivity contribution in [1.82, 2.24) is 0 Å². The molecule has 0 aromatic heterocycles. The zero-order valence-electron chi connectivity index (χ0n) is 7.64. The van der Waals surface area contributed by atoms with Gasteiger partial charge in [0.2, 0.25) is 0 Å². The third kappa shape index (κ3) is 6.53. The molecule has 0 radical (unpaired) electrons. The summed E-state index contributed by atoms with van der Waals surface area (Å²) in [6, 6.07) is 21.4. The minimum absolute atomic E-state index is 0. The van der Waals surface area contributed by atoms with Crippen LogP contribution in [0.3, 0.4) is 0 Å². The molecule has 0 fully saturated rings. The summed E-state index contributed by atoms with van der Waals surface area (Å²) < 4.78 is 0. The van der Waals surface area contributed by atoms with Crippen molar-refractivity contribution in [1.29, 1.82) is 0 Å². The van der Waals surface area contributed by atoms with Crippen LogP contribution in [0.4, 0.5) is 0 Å². The molecule has 2 rings (SSSR count). The molecule has 0 N–H and O–H groups in total. The molecule has 0 heterocycles. The van der Waals surface area contributed by atoms with Crippen LogP contribution in [-0.2, 0) is 0 Å². The normalized spacial score (nSPS) is 7.79. The zero-order valence-corrected chi connectivity index (χ0v) is 9.21. The Morgan fingerprint density at radius 2 is 0.857 bits per heavy atom. The molecule has 2 heteroatoms. The van der Waals surface area contributed by atoms with Gasteiger partial charge < -0.3 is 0 Å². The fourth-order valence-corrected chi connectivity index (χ4v) is 0.945. The van der Waals surface area contributed by atoms with E-state index in [1.165, 1.54) is 0 Å².